The number of nitrogens with one attached hydrogen (secondary N) is 1. The third-order valence-corrected chi connectivity index (χ3v) is 4.52. The zero-order valence-corrected chi connectivity index (χ0v) is 14.0. The summed E-state index contributed by atoms with van der Waals surface area (Å²) in [6.07, 6.45) is 3.99. The molecule has 1 heterocycles. The average Bonchev–Trinajstić information content (AvgIpc) is 2.46. The molecular weight excluding hydrogens is 250 g/mol. The minimum atomic E-state index is 0.648. The molecule has 20 heavy (non-hydrogen) atoms. The first-order valence-electron chi connectivity index (χ1n) is 8.30. The predicted molar refractivity (Wildman–Crippen MR) is 86.3 cm³/mol. The molecule has 0 spiro atoms. The van der Waals surface area contributed by atoms with Crippen molar-refractivity contribution in [2.45, 2.75) is 39.2 Å². The third kappa shape index (κ3) is 7.02. The molecule has 0 radical (unpaired) electrons. The van der Waals surface area contributed by atoms with Crippen LogP contribution >= 0.6 is 0 Å². The van der Waals surface area contributed by atoms with Crippen molar-refractivity contribution in [2.75, 3.05) is 60.0 Å². The van der Waals surface area contributed by atoms with Crippen LogP contribution < -0.4 is 5.32 Å². The third-order valence-electron chi connectivity index (χ3n) is 4.52. The second-order valence-electron chi connectivity index (χ2n) is 6.22. The van der Waals surface area contributed by atoms with Crippen molar-refractivity contribution < 1.29 is 4.74 Å². The molecule has 0 aliphatic carbocycles. The van der Waals surface area contributed by atoms with Crippen LogP contribution in [0.2, 0.25) is 0 Å². The van der Waals surface area contributed by atoms with Gasteiger partial charge in [-0.25, -0.2) is 0 Å². The van der Waals surface area contributed by atoms with Gasteiger partial charge in [-0.05, 0) is 58.8 Å². The number of nitrogens with zero attached hydrogens (tertiary/aromatic N) is 2. The highest BCUT2D eigenvalue weighted by molar-refractivity contribution is 4.79. The quantitative estimate of drug-likeness (QED) is 0.661. The molecule has 1 fully saturated rings. The van der Waals surface area contributed by atoms with Crippen LogP contribution in [0.5, 0.6) is 0 Å². The number of piperidine rings is 1. The van der Waals surface area contributed by atoms with E-state index in [0.717, 1.165) is 32.2 Å². The van der Waals surface area contributed by atoms with Crippen LogP contribution in [0.1, 0.15) is 33.1 Å². The van der Waals surface area contributed by atoms with E-state index in [9.17, 15) is 0 Å². The Labute approximate surface area is 125 Å². The second-order valence-corrected chi connectivity index (χ2v) is 6.22. The van der Waals surface area contributed by atoms with Crippen LogP contribution in [0.25, 0.3) is 0 Å². The summed E-state index contributed by atoms with van der Waals surface area (Å²) in [6, 6.07) is 0.648. The summed E-state index contributed by atoms with van der Waals surface area (Å²) in [5.41, 5.74) is 0. The van der Waals surface area contributed by atoms with Gasteiger partial charge in [-0.2, -0.15) is 0 Å². The molecule has 0 aromatic heterocycles. The lowest BCUT2D eigenvalue weighted by molar-refractivity contribution is 0.152. The molecule has 1 rings (SSSR count). The zero-order chi connectivity index (χ0) is 14.8. The van der Waals surface area contributed by atoms with Crippen molar-refractivity contribution in [1.29, 1.82) is 0 Å². The molecular formula is C16H35N3O. The second kappa shape index (κ2) is 10.6. The Kier molecular flexibility index (Phi) is 9.44. The maximum atomic E-state index is 5.10. The molecule has 4 nitrogen and oxygen atoms in total. The number of rotatable bonds is 10. The van der Waals surface area contributed by atoms with E-state index in [1.165, 1.54) is 38.9 Å². The van der Waals surface area contributed by atoms with Gasteiger partial charge in [0, 0.05) is 32.8 Å². The van der Waals surface area contributed by atoms with Crippen molar-refractivity contribution in [3.8, 4) is 0 Å². The van der Waals surface area contributed by atoms with E-state index in [2.05, 4.69) is 36.0 Å². The Morgan fingerprint density at radius 1 is 1.30 bits per heavy atom. The first-order valence-corrected chi connectivity index (χ1v) is 8.30. The van der Waals surface area contributed by atoms with Crippen LogP contribution in [-0.2, 0) is 4.74 Å². The average molecular weight is 285 g/mol. The first-order chi connectivity index (χ1) is 9.67. The summed E-state index contributed by atoms with van der Waals surface area (Å²) in [4.78, 5) is 4.94. The minimum Gasteiger partial charge on any atom is -0.383 e. The Morgan fingerprint density at radius 3 is 2.60 bits per heavy atom. The standard InChI is InChI=1S/C16H35N3O/c1-5-9-19-10-6-16(7-11-19)15(2)17-8-12-18(3)13-14-20-4/h15-17H,5-14H2,1-4H3. The van der Waals surface area contributed by atoms with Gasteiger partial charge in [0.15, 0.2) is 0 Å². The molecule has 4 heteroatoms. The first kappa shape index (κ1) is 17.9. The van der Waals surface area contributed by atoms with E-state index in [0.29, 0.717) is 6.04 Å². The van der Waals surface area contributed by atoms with Crippen molar-refractivity contribution in [3.05, 3.63) is 0 Å². The van der Waals surface area contributed by atoms with Gasteiger partial charge in [0.1, 0.15) is 0 Å². The van der Waals surface area contributed by atoms with Crippen LogP contribution in [0, 0.1) is 5.92 Å². The van der Waals surface area contributed by atoms with Crippen LogP contribution in [-0.4, -0.2) is 75.9 Å². The lowest BCUT2D eigenvalue weighted by Crippen LogP contribution is -2.44. The summed E-state index contributed by atoms with van der Waals surface area (Å²) in [7, 11) is 3.92. The number of hydrogen-bond acceptors (Lipinski definition) is 4. The topological polar surface area (TPSA) is 27.7 Å². The molecule has 0 aromatic rings. The molecule has 0 bridgehead atoms. The summed E-state index contributed by atoms with van der Waals surface area (Å²) >= 11 is 0. The van der Waals surface area contributed by atoms with Crippen LogP contribution in [0.15, 0.2) is 0 Å². The fourth-order valence-corrected chi connectivity index (χ4v) is 3.00. The smallest absolute Gasteiger partial charge is 0.0589 e. The molecule has 0 saturated carbocycles. The van der Waals surface area contributed by atoms with Gasteiger partial charge in [-0.3, -0.25) is 0 Å². The van der Waals surface area contributed by atoms with Gasteiger partial charge < -0.3 is 19.9 Å². The van der Waals surface area contributed by atoms with Crippen molar-refractivity contribution in [2.24, 2.45) is 5.92 Å². The summed E-state index contributed by atoms with van der Waals surface area (Å²) in [5, 5.41) is 3.71. The van der Waals surface area contributed by atoms with Gasteiger partial charge in [0.2, 0.25) is 0 Å². The van der Waals surface area contributed by atoms with E-state index < -0.39 is 0 Å². The Balaban J connectivity index is 2.09. The van der Waals surface area contributed by atoms with Gasteiger partial charge in [-0.1, -0.05) is 6.92 Å². The van der Waals surface area contributed by atoms with Gasteiger partial charge in [0.05, 0.1) is 6.61 Å². The Morgan fingerprint density at radius 2 is 2.00 bits per heavy atom. The fourth-order valence-electron chi connectivity index (χ4n) is 3.00. The number of likely N-dealkylation sites (N-methyl/N-ethyl adjacent to an activating group) is 1. The fraction of sp³-hybridized carbons (Fsp3) is 1.00. The molecule has 1 atom stereocenters. The summed E-state index contributed by atoms with van der Waals surface area (Å²) < 4.78 is 5.10. The monoisotopic (exact) mass is 285 g/mol. The molecule has 0 amide bonds. The Hall–Kier alpha value is -0.160. The van der Waals surface area contributed by atoms with Crippen LogP contribution in [0.4, 0.5) is 0 Å². The Bertz CT molecular complexity index is 230. The van der Waals surface area contributed by atoms with Gasteiger partial charge in [0.25, 0.3) is 0 Å². The van der Waals surface area contributed by atoms with E-state index in [4.69, 9.17) is 4.74 Å². The van der Waals surface area contributed by atoms with Gasteiger partial charge >= 0.3 is 0 Å². The zero-order valence-electron chi connectivity index (χ0n) is 14.0. The molecule has 120 valence electrons. The highest BCUT2D eigenvalue weighted by Gasteiger charge is 2.22. The largest absolute Gasteiger partial charge is 0.383 e. The summed E-state index contributed by atoms with van der Waals surface area (Å²) in [5.74, 6) is 0.854. The SMILES string of the molecule is CCCN1CCC(C(C)NCCN(C)CCOC)CC1. The molecule has 1 unspecified atom stereocenters. The predicted octanol–water partition coefficient (Wildman–Crippen LogP) is 1.66. The van der Waals surface area contributed by atoms with E-state index in [-0.39, 0.29) is 0 Å². The maximum Gasteiger partial charge on any atom is 0.0589 e. The van der Waals surface area contributed by atoms with Crippen molar-refractivity contribution in [1.82, 2.24) is 15.1 Å². The lowest BCUT2D eigenvalue weighted by Gasteiger charge is -2.35. The maximum absolute atomic E-state index is 5.10. The van der Waals surface area contributed by atoms with Gasteiger partial charge in [-0.15, -0.1) is 0 Å². The van der Waals surface area contributed by atoms with E-state index in [1.807, 2.05) is 0 Å². The van der Waals surface area contributed by atoms with Crippen LogP contribution in [0.3, 0.4) is 0 Å². The number of hydrogen-bond donors (Lipinski definition) is 1. The lowest BCUT2D eigenvalue weighted by atomic mass is 9.90. The molecule has 1 N–H and O–H groups in total. The highest BCUT2D eigenvalue weighted by atomic mass is 16.5. The normalized spacial score (nSPS) is 19.6. The highest BCUT2D eigenvalue weighted by Crippen LogP contribution is 2.20. The molecule has 1 aliphatic heterocycles. The van der Waals surface area contributed by atoms with E-state index >= 15 is 0 Å². The van der Waals surface area contributed by atoms with Crippen molar-refractivity contribution in [3.63, 3.8) is 0 Å². The van der Waals surface area contributed by atoms with Crippen molar-refractivity contribution >= 4 is 0 Å². The molecule has 0 aromatic carbocycles. The molecule has 1 saturated heterocycles. The van der Waals surface area contributed by atoms with E-state index in [1.54, 1.807) is 7.11 Å². The number of methoxy groups -OCH3 is 1. The number of likely N-dealkylation sites (tertiary alicyclic amines) is 1. The summed E-state index contributed by atoms with van der Waals surface area (Å²) in [6.45, 7) is 12.5. The number of ether oxygens (including phenoxy) is 1. The molecule has 1 aliphatic rings. The minimum absolute atomic E-state index is 0.648.